The number of hydrogen-bond donors (Lipinski definition) is 2. The van der Waals surface area contributed by atoms with E-state index in [-0.39, 0.29) is 29.9 Å². The van der Waals surface area contributed by atoms with Crippen LogP contribution in [0.1, 0.15) is 29.0 Å². The second-order valence-electron chi connectivity index (χ2n) is 7.15. The molecule has 1 atom stereocenters. The van der Waals surface area contributed by atoms with Crippen molar-refractivity contribution in [3.63, 3.8) is 0 Å². The van der Waals surface area contributed by atoms with Crippen LogP contribution in [0.2, 0.25) is 0 Å². The molecule has 154 valence electrons. The number of carbonyl (C=O) groups is 2. The van der Waals surface area contributed by atoms with Gasteiger partial charge in [0.15, 0.2) is 0 Å². The molecule has 0 bridgehead atoms. The third-order valence-corrected chi connectivity index (χ3v) is 6.49. The van der Waals surface area contributed by atoms with Gasteiger partial charge < -0.3 is 10.6 Å². The maximum atomic E-state index is 12.4. The summed E-state index contributed by atoms with van der Waals surface area (Å²) in [6, 6.07) is 16.0. The lowest BCUT2D eigenvalue weighted by Gasteiger charge is -2.25. The van der Waals surface area contributed by atoms with Crippen LogP contribution in [0.3, 0.4) is 0 Å². The Kier molecular flexibility index (Phi) is 7.24. The number of aryl methyl sites for hydroxylation is 2. The molecule has 0 aromatic heterocycles. The third kappa shape index (κ3) is 5.47. The Labute approximate surface area is 185 Å². The zero-order valence-electron chi connectivity index (χ0n) is 17.1. The molecule has 0 saturated carbocycles. The summed E-state index contributed by atoms with van der Waals surface area (Å²) in [6.45, 7) is 3.95. The zero-order chi connectivity index (χ0) is 21.7. The van der Waals surface area contributed by atoms with Crippen LogP contribution in [-0.4, -0.2) is 23.8 Å². The molecule has 0 radical (unpaired) electrons. The van der Waals surface area contributed by atoms with Crippen molar-refractivity contribution in [2.45, 2.75) is 31.1 Å². The Balaban J connectivity index is 1.75. The van der Waals surface area contributed by atoms with Gasteiger partial charge >= 0.3 is 0 Å². The van der Waals surface area contributed by atoms with Crippen molar-refractivity contribution >= 4 is 41.0 Å². The van der Waals surface area contributed by atoms with Crippen molar-refractivity contribution in [3.05, 3.63) is 69.8 Å². The van der Waals surface area contributed by atoms with E-state index >= 15 is 0 Å². The minimum absolute atomic E-state index is 0.103. The van der Waals surface area contributed by atoms with Crippen molar-refractivity contribution in [1.82, 2.24) is 5.32 Å². The molecule has 2 aromatic rings. The first-order valence-corrected chi connectivity index (χ1v) is 11.7. The average molecular weight is 438 g/mol. The van der Waals surface area contributed by atoms with Gasteiger partial charge in [0.2, 0.25) is 11.8 Å². The van der Waals surface area contributed by atoms with Gasteiger partial charge in [-0.1, -0.05) is 30.0 Å². The molecule has 1 heterocycles. The Morgan fingerprint density at radius 2 is 1.87 bits per heavy atom. The van der Waals surface area contributed by atoms with Crippen LogP contribution in [0.5, 0.6) is 0 Å². The predicted octanol–water partition coefficient (Wildman–Crippen LogP) is 4.74. The van der Waals surface area contributed by atoms with E-state index < -0.39 is 0 Å². The highest BCUT2D eigenvalue weighted by Gasteiger charge is 2.29. The summed E-state index contributed by atoms with van der Waals surface area (Å²) < 4.78 is 0. The number of allylic oxidation sites excluding steroid dienone is 1. The van der Waals surface area contributed by atoms with Crippen molar-refractivity contribution in [2.24, 2.45) is 0 Å². The summed E-state index contributed by atoms with van der Waals surface area (Å²) >= 11 is 2.83. The number of nitrogens with zero attached hydrogens (tertiary/aromatic N) is 1. The monoisotopic (exact) mass is 437 g/mol. The topological polar surface area (TPSA) is 82.0 Å². The molecule has 3 rings (SSSR count). The van der Waals surface area contributed by atoms with Crippen LogP contribution >= 0.6 is 23.5 Å². The van der Waals surface area contributed by atoms with Crippen LogP contribution in [0.25, 0.3) is 0 Å². The molecule has 0 unspecified atom stereocenters. The van der Waals surface area contributed by atoms with Crippen molar-refractivity contribution < 1.29 is 9.59 Å². The second-order valence-corrected chi connectivity index (χ2v) is 9.01. The number of rotatable bonds is 6. The number of nitrogens with one attached hydrogen (secondary N) is 2. The molecule has 2 amide bonds. The first-order valence-electron chi connectivity index (χ1n) is 9.48. The molecule has 0 saturated heterocycles. The van der Waals surface area contributed by atoms with Gasteiger partial charge in [-0.25, -0.2) is 0 Å². The fraction of sp³-hybridized carbons (Fsp3) is 0.261. The maximum Gasteiger partial charge on any atom is 0.234 e. The molecule has 30 heavy (non-hydrogen) atoms. The minimum atomic E-state index is -0.301. The van der Waals surface area contributed by atoms with E-state index in [2.05, 4.69) is 16.7 Å². The highest BCUT2D eigenvalue weighted by atomic mass is 32.2. The molecule has 0 aliphatic carbocycles. The van der Waals surface area contributed by atoms with Crippen LogP contribution in [-0.2, 0) is 9.59 Å². The molecule has 7 heteroatoms. The van der Waals surface area contributed by atoms with E-state index in [1.165, 1.54) is 11.8 Å². The Morgan fingerprint density at radius 3 is 2.47 bits per heavy atom. The minimum Gasteiger partial charge on any atom is -0.325 e. The number of hydrogen-bond acceptors (Lipinski definition) is 5. The highest BCUT2D eigenvalue weighted by Crippen LogP contribution is 2.36. The first kappa shape index (κ1) is 22.0. The third-order valence-electron chi connectivity index (χ3n) is 4.73. The number of carbonyl (C=O) groups excluding carboxylic acids is 2. The lowest BCUT2D eigenvalue weighted by atomic mass is 9.87. The Morgan fingerprint density at radius 1 is 1.20 bits per heavy atom. The molecule has 1 aliphatic rings. The molecule has 2 aromatic carbocycles. The Hall–Kier alpha value is -2.69. The smallest absolute Gasteiger partial charge is 0.234 e. The second kappa shape index (κ2) is 9.88. The summed E-state index contributed by atoms with van der Waals surface area (Å²) in [6.07, 6.45) is 2.22. The van der Waals surface area contributed by atoms with E-state index in [1.54, 1.807) is 11.8 Å². The lowest BCUT2D eigenvalue weighted by molar-refractivity contribution is -0.121. The van der Waals surface area contributed by atoms with Gasteiger partial charge in [0.25, 0.3) is 0 Å². The van der Waals surface area contributed by atoms with Crippen LogP contribution in [0.4, 0.5) is 5.69 Å². The van der Waals surface area contributed by atoms with Gasteiger partial charge in [-0.2, -0.15) is 5.26 Å². The maximum absolute atomic E-state index is 12.4. The fourth-order valence-corrected chi connectivity index (χ4v) is 4.72. The van der Waals surface area contributed by atoms with Crippen LogP contribution < -0.4 is 10.6 Å². The molecular weight excluding hydrogens is 414 g/mol. The quantitative estimate of drug-likeness (QED) is 0.638. The number of benzene rings is 2. The van der Waals surface area contributed by atoms with Crippen molar-refractivity contribution in [2.75, 3.05) is 17.3 Å². The van der Waals surface area contributed by atoms with Gasteiger partial charge in [0.1, 0.15) is 0 Å². The SMILES string of the molecule is CSc1ccc([C@@H]2CC(=O)NC(SCC(=O)Nc3cc(C)cc(C)c3)=C2C#N)cc1. The van der Waals surface area contributed by atoms with E-state index in [4.69, 9.17) is 0 Å². The summed E-state index contributed by atoms with van der Waals surface area (Å²) in [5.74, 6) is -0.531. The van der Waals surface area contributed by atoms with Crippen molar-refractivity contribution in [3.8, 4) is 6.07 Å². The van der Waals surface area contributed by atoms with E-state index in [0.717, 1.165) is 27.3 Å². The van der Waals surface area contributed by atoms with E-state index in [0.29, 0.717) is 10.6 Å². The van der Waals surface area contributed by atoms with Gasteiger partial charge in [0.05, 0.1) is 22.4 Å². The number of anilines is 1. The lowest BCUT2D eigenvalue weighted by Crippen LogP contribution is -2.31. The largest absolute Gasteiger partial charge is 0.325 e. The molecule has 0 spiro atoms. The standard InChI is InChI=1S/C23H23N3O2S2/c1-14-8-15(2)10-17(9-14)25-22(28)13-30-23-20(12-24)19(11-21(27)26-23)16-4-6-18(29-3)7-5-16/h4-10,19H,11,13H2,1-3H3,(H,25,28)(H,26,27)/t19-/m0/s1. The van der Waals surface area contributed by atoms with E-state index in [9.17, 15) is 14.9 Å². The van der Waals surface area contributed by atoms with Gasteiger partial charge in [-0.3, -0.25) is 9.59 Å². The van der Waals surface area contributed by atoms with Gasteiger partial charge in [0, 0.05) is 22.9 Å². The zero-order valence-corrected chi connectivity index (χ0v) is 18.7. The van der Waals surface area contributed by atoms with Gasteiger partial charge in [-0.15, -0.1) is 11.8 Å². The van der Waals surface area contributed by atoms with Gasteiger partial charge in [-0.05, 0) is 61.1 Å². The molecule has 1 aliphatic heterocycles. The van der Waals surface area contributed by atoms with Crippen molar-refractivity contribution in [1.29, 1.82) is 5.26 Å². The average Bonchev–Trinajstić information content (AvgIpc) is 2.71. The first-order chi connectivity index (χ1) is 14.4. The number of amides is 2. The van der Waals surface area contributed by atoms with Crippen LogP contribution in [0.15, 0.2) is 58.0 Å². The predicted molar refractivity (Wildman–Crippen MR) is 123 cm³/mol. The number of thioether (sulfide) groups is 2. The van der Waals surface area contributed by atoms with E-state index in [1.807, 2.05) is 62.6 Å². The van der Waals surface area contributed by atoms with Crippen LogP contribution in [0, 0.1) is 25.2 Å². The summed E-state index contributed by atoms with van der Waals surface area (Å²) in [5.41, 5.74) is 4.31. The molecular formula is C23H23N3O2S2. The molecule has 0 fully saturated rings. The fourth-order valence-electron chi connectivity index (χ4n) is 3.44. The summed E-state index contributed by atoms with van der Waals surface area (Å²) in [5, 5.41) is 15.9. The normalized spacial score (nSPS) is 16.1. The Bertz CT molecular complexity index is 1020. The molecule has 2 N–H and O–H groups in total. The summed E-state index contributed by atoms with van der Waals surface area (Å²) in [4.78, 5) is 25.8. The summed E-state index contributed by atoms with van der Waals surface area (Å²) in [7, 11) is 0. The highest BCUT2D eigenvalue weighted by molar-refractivity contribution is 8.03. The number of nitriles is 1. The molecule has 5 nitrogen and oxygen atoms in total.